The summed E-state index contributed by atoms with van der Waals surface area (Å²) >= 11 is 0. The van der Waals surface area contributed by atoms with Gasteiger partial charge in [-0.05, 0) is 24.1 Å². The highest BCUT2D eigenvalue weighted by atomic mass is 19.1. The molecule has 2 heterocycles. The van der Waals surface area contributed by atoms with Gasteiger partial charge >= 0.3 is 0 Å². The molecule has 0 bridgehead atoms. The predicted octanol–water partition coefficient (Wildman–Crippen LogP) is 2.88. The lowest BCUT2D eigenvalue weighted by Crippen LogP contribution is -2.48. The Morgan fingerprint density at radius 3 is 2.16 bits per heavy atom. The van der Waals surface area contributed by atoms with Gasteiger partial charge in [0.1, 0.15) is 11.5 Å². The van der Waals surface area contributed by atoms with Gasteiger partial charge in [-0.1, -0.05) is 51.2 Å². The molecule has 0 atom stereocenters. The average Bonchev–Trinajstić information content (AvgIpc) is 3.02. The number of hydrogen-bond donors (Lipinski definition) is 1. The molecule has 1 N–H and O–H groups in total. The van der Waals surface area contributed by atoms with Gasteiger partial charge in [0, 0.05) is 39.3 Å². The molecule has 2 aliphatic rings. The van der Waals surface area contributed by atoms with Gasteiger partial charge in [-0.2, -0.15) is 0 Å². The zero-order valence-corrected chi connectivity index (χ0v) is 18.5. The number of β-amino-alcohol motifs (C(OH)–C–C–N with tert-alkyl or cyclic N) is 1. The van der Waals surface area contributed by atoms with Gasteiger partial charge in [0.15, 0.2) is 0 Å². The first-order valence-corrected chi connectivity index (χ1v) is 11.5. The summed E-state index contributed by atoms with van der Waals surface area (Å²) in [7, 11) is 0. The number of hydrogen-bond acceptors (Lipinski definition) is 5. The van der Waals surface area contributed by atoms with Crippen LogP contribution in [0.3, 0.4) is 0 Å². The molecule has 31 heavy (non-hydrogen) atoms. The normalized spacial score (nSPS) is 17.9. The molecule has 1 aromatic carbocycles. The number of nitrogens with zero attached hydrogens (tertiary/aromatic N) is 3. The summed E-state index contributed by atoms with van der Waals surface area (Å²) in [5.41, 5.74) is 1.40. The molecular weight excluding hydrogens is 397 g/mol. The number of piperazine rings is 1. The van der Waals surface area contributed by atoms with Crippen LogP contribution in [-0.2, 0) is 9.59 Å². The Morgan fingerprint density at radius 1 is 0.871 bits per heavy atom. The van der Waals surface area contributed by atoms with E-state index in [-0.39, 0.29) is 24.2 Å². The molecule has 1 aromatic rings. The summed E-state index contributed by atoms with van der Waals surface area (Å²) < 4.78 is 13.5. The summed E-state index contributed by atoms with van der Waals surface area (Å²) in [6.07, 6.45) is 6.49. The minimum Gasteiger partial charge on any atom is -0.395 e. The molecule has 0 saturated carbocycles. The zero-order chi connectivity index (χ0) is 22.2. The van der Waals surface area contributed by atoms with Crippen LogP contribution in [0.4, 0.5) is 4.39 Å². The van der Waals surface area contributed by atoms with E-state index in [0.717, 1.165) is 32.4 Å². The van der Waals surface area contributed by atoms with Crippen molar-refractivity contribution in [1.82, 2.24) is 14.7 Å². The van der Waals surface area contributed by atoms with Crippen molar-refractivity contribution in [3.8, 4) is 0 Å². The quantitative estimate of drug-likeness (QED) is 0.431. The maximum Gasteiger partial charge on any atom is 0.277 e. The number of benzene rings is 1. The highest BCUT2D eigenvalue weighted by molar-refractivity contribution is 6.35. The lowest BCUT2D eigenvalue weighted by atomic mass is 10.0. The highest BCUT2D eigenvalue weighted by Crippen LogP contribution is 2.32. The lowest BCUT2D eigenvalue weighted by Gasteiger charge is -2.36. The topological polar surface area (TPSA) is 64.1 Å². The molecule has 0 spiro atoms. The smallest absolute Gasteiger partial charge is 0.277 e. The maximum absolute atomic E-state index is 13.5. The van der Waals surface area contributed by atoms with Crippen molar-refractivity contribution in [2.24, 2.45) is 0 Å². The molecular formula is C24H34FN3O3. The number of aliphatic hydroxyl groups excluding tert-OH is 1. The second-order valence-electron chi connectivity index (χ2n) is 8.31. The van der Waals surface area contributed by atoms with Crippen molar-refractivity contribution in [1.29, 1.82) is 0 Å². The van der Waals surface area contributed by atoms with Crippen molar-refractivity contribution in [3.05, 3.63) is 41.3 Å². The number of imide groups is 1. The van der Waals surface area contributed by atoms with Gasteiger partial charge < -0.3 is 10.0 Å². The number of unbranched alkanes of at least 4 members (excludes halogenated alkanes) is 5. The zero-order valence-electron chi connectivity index (χ0n) is 18.5. The van der Waals surface area contributed by atoms with E-state index in [1.54, 1.807) is 12.1 Å². The Kier molecular flexibility index (Phi) is 8.60. The van der Waals surface area contributed by atoms with E-state index in [1.807, 2.05) is 4.90 Å². The minimum absolute atomic E-state index is 0.104. The number of halogens is 1. The fourth-order valence-electron chi connectivity index (χ4n) is 4.32. The van der Waals surface area contributed by atoms with E-state index in [1.165, 1.54) is 36.3 Å². The Hall–Kier alpha value is -2.25. The van der Waals surface area contributed by atoms with Crippen LogP contribution in [0.25, 0.3) is 5.57 Å². The third-order valence-corrected chi connectivity index (χ3v) is 6.12. The second kappa shape index (κ2) is 11.4. The van der Waals surface area contributed by atoms with Crippen LogP contribution < -0.4 is 0 Å². The van der Waals surface area contributed by atoms with Gasteiger partial charge in [0.05, 0.1) is 12.2 Å². The molecule has 3 rings (SSSR count). The fourth-order valence-corrected chi connectivity index (χ4v) is 4.32. The van der Waals surface area contributed by atoms with Gasteiger partial charge in [-0.15, -0.1) is 0 Å². The van der Waals surface area contributed by atoms with E-state index < -0.39 is 0 Å². The Balaban J connectivity index is 1.76. The van der Waals surface area contributed by atoms with Crippen LogP contribution >= 0.6 is 0 Å². The molecule has 1 fully saturated rings. The summed E-state index contributed by atoms with van der Waals surface area (Å²) in [5.74, 6) is -0.893. The first-order chi connectivity index (χ1) is 15.1. The first-order valence-electron chi connectivity index (χ1n) is 11.5. The number of carbonyl (C=O) groups excluding carboxylic acids is 2. The lowest BCUT2D eigenvalue weighted by molar-refractivity contribution is -0.137. The third-order valence-electron chi connectivity index (χ3n) is 6.12. The maximum atomic E-state index is 13.5. The first kappa shape index (κ1) is 23.4. The Bertz CT molecular complexity index is 786. The highest BCUT2D eigenvalue weighted by Gasteiger charge is 2.41. The summed E-state index contributed by atoms with van der Waals surface area (Å²) in [4.78, 5) is 32.1. The number of aliphatic hydroxyl groups is 1. The second-order valence-corrected chi connectivity index (χ2v) is 8.31. The summed E-state index contributed by atoms with van der Waals surface area (Å²) in [6.45, 7) is 5.98. The Labute approximate surface area is 184 Å². The van der Waals surface area contributed by atoms with Crippen LogP contribution in [0.5, 0.6) is 0 Å². The van der Waals surface area contributed by atoms with Crippen LogP contribution in [0.2, 0.25) is 0 Å². The van der Waals surface area contributed by atoms with Gasteiger partial charge in [0.25, 0.3) is 11.8 Å². The predicted molar refractivity (Wildman–Crippen MR) is 119 cm³/mol. The van der Waals surface area contributed by atoms with E-state index >= 15 is 0 Å². The summed E-state index contributed by atoms with van der Waals surface area (Å²) in [6, 6.07) is 5.80. The summed E-state index contributed by atoms with van der Waals surface area (Å²) in [5, 5.41) is 9.17. The van der Waals surface area contributed by atoms with Crippen LogP contribution in [-0.4, -0.2) is 77.5 Å². The fraction of sp³-hybridized carbons (Fsp3) is 0.583. The molecule has 7 heteroatoms. The van der Waals surface area contributed by atoms with E-state index in [4.69, 9.17) is 0 Å². The number of amides is 2. The van der Waals surface area contributed by atoms with Gasteiger partial charge in [0.2, 0.25) is 0 Å². The number of rotatable bonds is 11. The number of carbonyl (C=O) groups is 2. The van der Waals surface area contributed by atoms with Crippen LogP contribution in [0.15, 0.2) is 30.0 Å². The van der Waals surface area contributed by atoms with Gasteiger partial charge in [-0.25, -0.2) is 4.39 Å². The van der Waals surface area contributed by atoms with Crippen molar-refractivity contribution in [3.63, 3.8) is 0 Å². The standard InChI is InChI=1S/C24H34FN3O3/c1-2-3-4-5-6-7-12-28-23(30)21(19-8-10-20(25)11-9-19)22(24(28)31)27-15-13-26(14-16-27)17-18-29/h8-11,29H,2-7,12-18H2,1H3. The largest absolute Gasteiger partial charge is 0.395 e. The molecule has 6 nitrogen and oxygen atoms in total. The van der Waals surface area contributed by atoms with E-state index in [2.05, 4.69) is 11.8 Å². The molecule has 170 valence electrons. The van der Waals surface area contributed by atoms with E-state index in [0.29, 0.717) is 43.0 Å². The van der Waals surface area contributed by atoms with E-state index in [9.17, 15) is 19.1 Å². The van der Waals surface area contributed by atoms with Crippen LogP contribution in [0, 0.1) is 5.82 Å². The van der Waals surface area contributed by atoms with Crippen molar-refractivity contribution in [2.75, 3.05) is 45.9 Å². The molecule has 0 unspecified atom stereocenters. The molecule has 2 aliphatic heterocycles. The molecule has 2 amide bonds. The molecule has 0 radical (unpaired) electrons. The molecule has 0 aliphatic carbocycles. The molecule has 0 aromatic heterocycles. The minimum atomic E-state index is -0.371. The monoisotopic (exact) mass is 431 g/mol. The Morgan fingerprint density at radius 2 is 1.52 bits per heavy atom. The average molecular weight is 432 g/mol. The van der Waals surface area contributed by atoms with Crippen molar-refractivity contribution < 1.29 is 19.1 Å². The van der Waals surface area contributed by atoms with Gasteiger partial charge in [-0.3, -0.25) is 19.4 Å². The van der Waals surface area contributed by atoms with Crippen molar-refractivity contribution in [2.45, 2.75) is 45.4 Å². The van der Waals surface area contributed by atoms with Crippen molar-refractivity contribution >= 4 is 17.4 Å². The SMILES string of the molecule is CCCCCCCCN1C(=O)C(c2ccc(F)cc2)=C(N2CCN(CCO)CC2)C1=O. The molecule has 1 saturated heterocycles. The third kappa shape index (κ3) is 5.71. The van der Waals surface area contributed by atoms with Crippen LogP contribution in [0.1, 0.15) is 51.0 Å².